The number of nitrogens with one attached hydrogen (secondary N) is 1. The van der Waals surface area contributed by atoms with E-state index in [1.165, 1.54) is 31.2 Å². The summed E-state index contributed by atoms with van der Waals surface area (Å²) < 4.78 is 0. The van der Waals surface area contributed by atoms with E-state index >= 15 is 0 Å². The maximum Gasteiger partial charge on any atom is 0.226 e. The van der Waals surface area contributed by atoms with E-state index in [2.05, 4.69) is 55.6 Å². The average Bonchev–Trinajstić information content (AvgIpc) is 3.51. The molecule has 2 aliphatic carbocycles. The van der Waals surface area contributed by atoms with Gasteiger partial charge in [0.1, 0.15) is 5.01 Å². The number of amides is 1. The lowest BCUT2D eigenvalue weighted by Crippen LogP contribution is -2.40. The minimum atomic E-state index is 0.0912. The van der Waals surface area contributed by atoms with E-state index < -0.39 is 0 Å². The van der Waals surface area contributed by atoms with E-state index in [1.807, 2.05) is 18.2 Å². The first kappa shape index (κ1) is 20.4. The van der Waals surface area contributed by atoms with E-state index in [0.717, 1.165) is 38.5 Å². The van der Waals surface area contributed by atoms with Crippen LogP contribution in [0.1, 0.15) is 43.9 Å². The monoisotopic (exact) mass is 430 g/mol. The summed E-state index contributed by atoms with van der Waals surface area (Å²) >= 11 is 1.68. The normalized spacial score (nSPS) is 23.1. The first-order valence-corrected chi connectivity index (χ1v) is 12.3. The number of aromatic nitrogens is 1. The zero-order valence-electron chi connectivity index (χ0n) is 18.3. The molecular formula is C27H30N2OS. The van der Waals surface area contributed by atoms with Crippen LogP contribution in [0.2, 0.25) is 0 Å². The summed E-state index contributed by atoms with van der Waals surface area (Å²) in [5.74, 6) is 2.45. The molecule has 2 saturated carbocycles. The second-order valence-electron chi connectivity index (χ2n) is 9.40. The van der Waals surface area contributed by atoms with Crippen LogP contribution in [0.3, 0.4) is 0 Å². The van der Waals surface area contributed by atoms with Crippen molar-refractivity contribution in [2.24, 2.45) is 17.8 Å². The van der Waals surface area contributed by atoms with Gasteiger partial charge >= 0.3 is 0 Å². The molecule has 0 unspecified atom stereocenters. The van der Waals surface area contributed by atoms with Crippen molar-refractivity contribution in [3.8, 4) is 21.0 Å². The number of nitrogens with zero attached hydrogens (tertiary/aromatic N) is 1. The van der Waals surface area contributed by atoms with Crippen molar-refractivity contribution in [1.82, 2.24) is 10.3 Å². The molecule has 0 radical (unpaired) electrons. The van der Waals surface area contributed by atoms with E-state index in [9.17, 15) is 4.79 Å². The molecule has 2 bridgehead atoms. The Balaban J connectivity index is 1.37. The Morgan fingerprint density at radius 1 is 1.06 bits per heavy atom. The topological polar surface area (TPSA) is 42.0 Å². The predicted molar refractivity (Wildman–Crippen MR) is 128 cm³/mol. The van der Waals surface area contributed by atoms with Gasteiger partial charge in [-0.25, -0.2) is 4.98 Å². The Bertz CT molecular complexity index is 1060. The molecule has 31 heavy (non-hydrogen) atoms. The highest BCUT2D eigenvalue weighted by atomic mass is 32.1. The zero-order valence-corrected chi connectivity index (χ0v) is 19.1. The fourth-order valence-corrected chi connectivity index (χ4v) is 6.67. The lowest BCUT2D eigenvalue weighted by molar-refractivity contribution is -0.121. The molecule has 2 fully saturated rings. The first-order chi connectivity index (χ1) is 15.1. The van der Waals surface area contributed by atoms with Gasteiger partial charge < -0.3 is 5.32 Å². The molecule has 0 aliphatic heterocycles. The van der Waals surface area contributed by atoms with Gasteiger partial charge in [-0.2, -0.15) is 0 Å². The maximum absolute atomic E-state index is 13.0. The zero-order chi connectivity index (χ0) is 21.4. The summed E-state index contributed by atoms with van der Waals surface area (Å²) in [6.45, 7) is 4.29. The number of carbonyl (C=O) groups is 1. The van der Waals surface area contributed by atoms with Crippen molar-refractivity contribution in [2.45, 2.75) is 52.0 Å². The van der Waals surface area contributed by atoms with Crippen molar-refractivity contribution >= 4 is 17.2 Å². The van der Waals surface area contributed by atoms with Gasteiger partial charge in [-0.3, -0.25) is 4.79 Å². The summed E-state index contributed by atoms with van der Waals surface area (Å²) in [7, 11) is 0. The summed E-state index contributed by atoms with van der Waals surface area (Å²) in [5, 5.41) is 4.29. The molecule has 1 N–H and O–H groups in total. The quantitative estimate of drug-likeness (QED) is 0.501. The molecule has 5 rings (SSSR count). The highest BCUT2D eigenvalue weighted by Gasteiger charge is 2.42. The molecule has 1 amide bonds. The van der Waals surface area contributed by atoms with Gasteiger partial charge in [0.25, 0.3) is 0 Å². The Labute approximate surface area is 188 Å². The Kier molecular flexibility index (Phi) is 5.66. The SMILES string of the molecule is Cc1ccc(-c2sc(-c3ccccc3)nc2CC(=O)N[C@@H](C)[C@H]2C[C@H]3CC[C@H]2C3)cc1. The van der Waals surface area contributed by atoms with Gasteiger partial charge in [0, 0.05) is 11.6 Å². The number of aryl methyl sites for hydroxylation is 1. The Morgan fingerprint density at radius 3 is 2.52 bits per heavy atom. The number of benzene rings is 2. The van der Waals surface area contributed by atoms with Gasteiger partial charge in [0.15, 0.2) is 0 Å². The van der Waals surface area contributed by atoms with Crippen LogP contribution in [0.25, 0.3) is 21.0 Å². The van der Waals surface area contributed by atoms with Gasteiger partial charge in [-0.15, -0.1) is 11.3 Å². The number of carbonyl (C=O) groups excluding carboxylic acids is 1. The second-order valence-corrected chi connectivity index (χ2v) is 10.4. The minimum absolute atomic E-state index is 0.0912. The summed E-state index contributed by atoms with van der Waals surface area (Å²) in [4.78, 5) is 19.0. The average molecular weight is 431 g/mol. The number of rotatable bonds is 6. The first-order valence-electron chi connectivity index (χ1n) is 11.5. The van der Waals surface area contributed by atoms with Gasteiger partial charge in [0.05, 0.1) is 17.0 Å². The van der Waals surface area contributed by atoms with Crippen LogP contribution < -0.4 is 5.32 Å². The molecule has 1 aromatic heterocycles. The van der Waals surface area contributed by atoms with Gasteiger partial charge in [-0.1, -0.05) is 66.6 Å². The van der Waals surface area contributed by atoms with Crippen molar-refractivity contribution < 1.29 is 4.79 Å². The van der Waals surface area contributed by atoms with Crippen molar-refractivity contribution in [3.05, 3.63) is 65.9 Å². The van der Waals surface area contributed by atoms with Crippen LogP contribution in [0.15, 0.2) is 54.6 Å². The lowest BCUT2D eigenvalue weighted by Gasteiger charge is -2.28. The third-order valence-corrected chi connectivity index (χ3v) is 8.38. The third-order valence-electron chi connectivity index (χ3n) is 7.18. The van der Waals surface area contributed by atoms with Crippen LogP contribution in [-0.2, 0) is 11.2 Å². The lowest BCUT2D eigenvalue weighted by atomic mass is 9.84. The smallest absolute Gasteiger partial charge is 0.226 e. The maximum atomic E-state index is 13.0. The molecular weight excluding hydrogens is 400 g/mol. The van der Waals surface area contributed by atoms with Crippen LogP contribution in [0, 0.1) is 24.7 Å². The van der Waals surface area contributed by atoms with Crippen molar-refractivity contribution in [1.29, 1.82) is 0 Å². The predicted octanol–water partition coefficient (Wildman–Crippen LogP) is 6.27. The molecule has 160 valence electrons. The standard InChI is InChI=1S/C27H30N2OS/c1-17-8-11-20(12-9-17)26-24(29-27(31-26)21-6-4-3-5-7-21)16-25(30)28-18(2)23-15-19-10-13-22(23)14-19/h3-9,11-12,18-19,22-23H,10,13-16H2,1-2H3,(H,28,30)/t18-,19-,22-,23+/m0/s1. The third kappa shape index (κ3) is 4.31. The Hall–Kier alpha value is -2.46. The number of hydrogen-bond donors (Lipinski definition) is 1. The molecule has 1 heterocycles. The molecule has 2 aliphatic rings. The largest absolute Gasteiger partial charge is 0.353 e. The molecule has 0 saturated heterocycles. The Morgan fingerprint density at radius 2 is 1.84 bits per heavy atom. The molecule has 4 atom stereocenters. The highest BCUT2D eigenvalue weighted by Crippen LogP contribution is 2.49. The van der Waals surface area contributed by atoms with Crippen LogP contribution in [-0.4, -0.2) is 16.9 Å². The minimum Gasteiger partial charge on any atom is -0.353 e. The summed E-state index contributed by atoms with van der Waals surface area (Å²) in [6, 6.07) is 19.0. The molecule has 3 aromatic rings. The van der Waals surface area contributed by atoms with Gasteiger partial charge in [-0.05, 0) is 56.4 Å². The number of fused-ring (bicyclic) bond motifs is 2. The van der Waals surface area contributed by atoms with Gasteiger partial charge in [0.2, 0.25) is 5.91 Å². The van der Waals surface area contributed by atoms with Crippen LogP contribution in [0.4, 0.5) is 0 Å². The fraction of sp³-hybridized carbons (Fsp3) is 0.407. The molecule has 3 nitrogen and oxygen atoms in total. The van der Waals surface area contributed by atoms with E-state index in [1.54, 1.807) is 11.3 Å². The van der Waals surface area contributed by atoms with E-state index in [0.29, 0.717) is 12.3 Å². The van der Waals surface area contributed by atoms with E-state index in [4.69, 9.17) is 4.98 Å². The number of hydrogen-bond acceptors (Lipinski definition) is 3. The van der Waals surface area contributed by atoms with Crippen LogP contribution >= 0.6 is 11.3 Å². The number of thiazole rings is 1. The van der Waals surface area contributed by atoms with Crippen LogP contribution in [0.5, 0.6) is 0 Å². The van der Waals surface area contributed by atoms with Crippen molar-refractivity contribution in [2.75, 3.05) is 0 Å². The second kappa shape index (κ2) is 8.58. The van der Waals surface area contributed by atoms with E-state index in [-0.39, 0.29) is 11.9 Å². The fourth-order valence-electron chi connectivity index (χ4n) is 5.58. The summed E-state index contributed by atoms with van der Waals surface area (Å²) in [5.41, 5.74) is 4.35. The molecule has 2 aromatic carbocycles. The highest BCUT2D eigenvalue weighted by molar-refractivity contribution is 7.18. The molecule has 0 spiro atoms. The summed E-state index contributed by atoms with van der Waals surface area (Å²) in [6.07, 6.45) is 5.73. The van der Waals surface area contributed by atoms with Crippen molar-refractivity contribution in [3.63, 3.8) is 0 Å². The molecule has 4 heteroatoms.